The molecule has 12 nitrogen and oxygen atoms in total. The summed E-state index contributed by atoms with van der Waals surface area (Å²) in [5, 5.41) is 10.8. The minimum atomic E-state index is -1.56. The Hall–Kier alpha value is -3.81. The molecule has 4 heterocycles. The largest absolute Gasteiger partial charge is 0.479 e. The van der Waals surface area contributed by atoms with Gasteiger partial charge < -0.3 is 39.3 Å². The van der Waals surface area contributed by atoms with Gasteiger partial charge in [0.15, 0.2) is 11.4 Å². The van der Waals surface area contributed by atoms with E-state index in [1.807, 2.05) is 6.92 Å². The van der Waals surface area contributed by atoms with Gasteiger partial charge in [-0.05, 0) is 54.9 Å². The molecule has 13 heteroatoms. The lowest BCUT2D eigenvalue weighted by atomic mass is 10.2. The molecule has 1 amide bonds. The number of ether oxygens (including phenoxy) is 4. The summed E-state index contributed by atoms with van der Waals surface area (Å²) < 4.78 is 28.2. The fourth-order valence-corrected chi connectivity index (χ4v) is 7.59. The Morgan fingerprint density at radius 2 is 1.86 bits per heavy atom. The minimum Gasteiger partial charge on any atom is -0.479 e. The Labute approximate surface area is 247 Å². The highest BCUT2D eigenvalue weighted by Crippen LogP contribution is 2.34. The molecule has 0 unspecified atom stereocenters. The summed E-state index contributed by atoms with van der Waals surface area (Å²) in [6, 6.07) is 8.58. The quantitative estimate of drug-likeness (QED) is 0.220. The molecule has 226 valence electrons. The van der Waals surface area contributed by atoms with E-state index in [1.165, 1.54) is 25.1 Å². The van der Waals surface area contributed by atoms with Crippen LogP contribution in [0.1, 0.15) is 22.5 Å². The van der Waals surface area contributed by atoms with Gasteiger partial charge in [0.2, 0.25) is 17.7 Å². The average Bonchev–Trinajstić information content (AvgIpc) is 3.45. The SMILES string of the molecule is COc1nc(NCCCN2CCOCC2)nc(OC)c1NC(=O)c1ccc(Oc2cc3c(cc2C)NCC[Si]3(C)C)o1. The van der Waals surface area contributed by atoms with E-state index in [9.17, 15) is 4.79 Å². The van der Waals surface area contributed by atoms with Crippen LogP contribution in [0, 0.1) is 6.92 Å². The maximum atomic E-state index is 13.1. The number of hydrogen-bond donors (Lipinski definition) is 3. The Bertz CT molecular complexity index is 1380. The molecule has 2 aliphatic rings. The highest BCUT2D eigenvalue weighted by molar-refractivity contribution is 6.91. The number of rotatable bonds is 11. The van der Waals surface area contributed by atoms with Gasteiger partial charge in [0, 0.05) is 37.9 Å². The van der Waals surface area contributed by atoms with Crippen molar-refractivity contribution in [3.05, 3.63) is 35.6 Å². The molecule has 0 aliphatic carbocycles. The number of fused-ring (bicyclic) bond motifs is 1. The number of furan rings is 1. The zero-order valence-electron chi connectivity index (χ0n) is 25.0. The predicted molar refractivity (Wildman–Crippen MR) is 164 cm³/mol. The van der Waals surface area contributed by atoms with Crippen LogP contribution in [0.3, 0.4) is 0 Å². The van der Waals surface area contributed by atoms with Crippen LogP contribution >= 0.6 is 0 Å². The van der Waals surface area contributed by atoms with Crippen molar-refractivity contribution in [3.8, 4) is 23.5 Å². The zero-order chi connectivity index (χ0) is 29.7. The summed E-state index contributed by atoms with van der Waals surface area (Å²) in [5.74, 6) is 1.15. The third-order valence-corrected chi connectivity index (χ3v) is 11.0. The predicted octanol–water partition coefficient (Wildman–Crippen LogP) is 3.91. The van der Waals surface area contributed by atoms with Gasteiger partial charge in [-0.1, -0.05) is 13.1 Å². The normalized spacial score (nSPS) is 16.2. The van der Waals surface area contributed by atoms with Crippen LogP contribution in [0.2, 0.25) is 19.1 Å². The number of carbonyl (C=O) groups excluding carboxylic acids is 1. The number of nitrogens with one attached hydrogen (secondary N) is 3. The fourth-order valence-electron chi connectivity index (χ4n) is 5.16. The van der Waals surface area contributed by atoms with Gasteiger partial charge in [0.25, 0.3) is 11.9 Å². The second-order valence-electron chi connectivity index (χ2n) is 11.1. The molecule has 42 heavy (non-hydrogen) atoms. The smallest absolute Gasteiger partial charge is 0.291 e. The number of aromatic nitrogens is 2. The van der Waals surface area contributed by atoms with Crippen molar-refractivity contribution < 1.29 is 28.2 Å². The number of benzene rings is 1. The molecule has 2 aromatic heterocycles. The standard InChI is InChI=1S/C29H40N6O6Si/c1-19-17-20-23(42(4,5)16-10-30-20)18-22(19)41-24-8-7-21(40-24)26(36)32-25-27(37-2)33-29(34-28(25)38-3)31-9-6-11-35-12-14-39-15-13-35/h7-8,17-18,30H,6,9-16H2,1-5H3,(H,32,36)(H,31,33,34). The molecule has 5 rings (SSSR count). The van der Waals surface area contributed by atoms with Crippen LogP contribution in [-0.2, 0) is 4.74 Å². The van der Waals surface area contributed by atoms with E-state index in [-0.39, 0.29) is 29.2 Å². The molecule has 0 saturated carbocycles. The van der Waals surface area contributed by atoms with Crippen LogP contribution in [-0.4, -0.2) is 89.0 Å². The Morgan fingerprint density at radius 3 is 2.57 bits per heavy atom. The van der Waals surface area contributed by atoms with E-state index in [0.717, 1.165) is 57.4 Å². The third kappa shape index (κ3) is 6.80. The van der Waals surface area contributed by atoms with E-state index in [0.29, 0.717) is 18.2 Å². The number of morpholine rings is 1. The Morgan fingerprint density at radius 1 is 1.12 bits per heavy atom. The summed E-state index contributed by atoms with van der Waals surface area (Å²) in [7, 11) is 1.38. The van der Waals surface area contributed by atoms with Crippen LogP contribution in [0.15, 0.2) is 28.7 Å². The third-order valence-electron chi connectivity index (χ3n) is 7.63. The molecular formula is C29H40N6O6Si. The molecule has 3 N–H and O–H groups in total. The number of hydrogen-bond acceptors (Lipinski definition) is 11. The van der Waals surface area contributed by atoms with Gasteiger partial charge in [0.05, 0.1) is 35.5 Å². The number of anilines is 3. The Kier molecular flexibility index (Phi) is 9.19. The van der Waals surface area contributed by atoms with Gasteiger partial charge in [-0.15, -0.1) is 0 Å². The van der Waals surface area contributed by atoms with E-state index >= 15 is 0 Å². The first-order valence-corrected chi connectivity index (χ1v) is 17.5. The number of aryl methyl sites for hydroxylation is 1. The highest BCUT2D eigenvalue weighted by Gasteiger charge is 2.31. The average molecular weight is 597 g/mol. The van der Waals surface area contributed by atoms with Crippen LogP contribution in [0.5, 0.6) is 23.5 Å². The maximum Gasteiger partial charge on any atom is 0.291 e. The molecular weight excluding hydrogens is 556 g/mol. The van der Waals surface area contributed by atoms with Crippen molar-refractivity contribution >= 4 is 36.5 Å². The van der Waals surface area contributed by atoms with E-state index in [4.69, 9.17) is 23.4 Å². The second-order valence-corrected chi connectivity index (χ2v) is 15.9. The van der Waals surface area contributed by atoms with Gasteiger partial charge in [-0.25, -0.2) is 0 Å². The van der Waals surface area contributed by atoms with Gasteiger partial charge in [-0.3, -0.25) is 9.69 Å². The van der Waals surface area contributed by atoms with Crippen LogP contribution in [0.25, 0.3) is 0 Å². The number of carbonyl (C=O) groups is 1. The summed E-state index contributed by atoms with van der Waals surface area (Å²) in [6.45, 7) is 12.8. The lowest BCUT2D eigenvalue weighted by Crippen LogP contribution is -2.47. The summed E-state index contributed by atoms with van der Waals surface area (Å²) >= 11 is 0. The molecule has 0 bridgehead atoms. The van der Waals surface area contributed by atoms with Crippen molar-refractivity contribution in [2.24, 2.45) is 0 Å². The first-order valence-electron chi connectivity index (χ1n) is 14.3. The lowest BCUT2D eigenvalue weighted by molar-refractivity contribution is 0.0378. The van der Waals surface area contributed by atoms with Crippen LogP contribution in [0.4, 0.5) is 17.3 Å². The summed E-state index contributed by atoms with van der Waals surface area (Å²) in [6.07, 6.45) is 0.914. The molecule has 2 aliphatic heterocycles. The molecule has 1 fully saturated rings. The zero-order valence-corrected chi connectivity index (χ0v) is 26.0. The first-order chi connectivity index (χ1) is 20.3. The van der Waals surface area contributed by atoms with Gasteiger partial charge in [-0.2, -0.15) is 9.97 Å². The monoisotopic (exact) mass is 596 g/mol. The van der Waals surface area contributed by atoms with Gasteiger partial charge in [0.1, 0.15) is 5.75 Å². The maximum absolute atomic E-state index is 13.1. The van der Waals surface area contributed by atoms with Crippen molar-refractivity contribution in [2.75, 3.05) is 76.1 Å². The minimum absolute atomic E-state index is 0.0615. The van der Waals surface area contributed by atoms with Crippen molar-refractivity contribution in [2.45, 2.75) is 32.5 Å². The van der Waals surface area contributed by atoms with Crippen molar-refractivity contribution in [1.29, 1.82) is 0 Å². The Balaban J connectivity index is 1.24. The molecule has 0 radical (unpaired) electrons. The molecule has 0 spiro atoms. The number of nitrogens with zero attached hydrogens (tertiary/aromatic N) is 3. The van der Waals surface area contributed by atoms with E-state index in [1.54, 1.807) is 12.1 Å². The lowest BCUT2D eigenvalue weighted by Gasteiger charge is -2.32. The van der Waals surface area contributed by atoms with E-state index < -0.39 is 14.0 Å². The number of methoxy groups -OCH3 is 2. The molecule has 3 aromatic rings. The van der Waals surface area contributed by atoms with Crippen molar-refractivity contribution in [3.63, 3.8) is 0 Å². The molecule has 1 saturated heterocycles. The highest BCUT2D eigenvalue weighted by atomic mass is 28.3. The van der Waals surface area contributed by atoms with Gasteiger partial charge >= 0.3 is 0 Å². The molecule has 0 atom stereocenters. The molecule has 1 aromatic carbocycles. The van der Waals surface area contributed by atoms with Crippen molar-refractivity contribution in [1.82, 2.24) is 14.9 Å². The van der Waals surface area contributed by atoms with Crippen LogP contribution < -0.4 is 35.3 Å². The summed E-state index contributed by atoms with van der Waals surface area (Å²) in [5.41, 5.74) is 2.37. The topological polar surface area (TPSA) is 132 Å². The first kappa shape index (κ1) is 29.7. The second kappa shape index (κ2) is 13.0. The van der Waals surface area contributed by atoms with E-state index in [2.05, 4.69) is 56.0 Å². The summed E-state index contributed by atoms with van der Waals surface area (Å²) in [4.78, 5) is 24.3. The number of amides is 1. The fraction of sp³-hybridized carbons (Fsp3) is 0.483.